The van der Waals surface area contributed by atoms with E-state index in [1.165, 1.54) is 23.9 Å². The number of halogens is 2. The number of fused-ring (bicyclic) bond motifs is 1. The van der Waals surface area contributed by atoms with Gasteiger partial charge in [-0.15, -0.1) is 0 Å². The van der Waals surface area contributed by atoms with Gasteiger partial charge in [0.15, 0.2) is 5.16 Å². The number of rotatable bonds is 6. The Labute approximate surface area is 194 Å². The molecule has 6 nitrogen and oxygen atoms in total. The van der Waals surface area contributed by atoms with E-state index in [1.807, 2.05) is 13.0 Å². The summed E-state index contributed by atoms with van der Waals surface area (Å²) in [5, 5.41) is 3.81. The highest BCUT2D eigenvalue weighted by atomic mass is 35.5. The monoisotopic (exact) mass is 472 g/mol. The third-order valence-corrected chi connectivity index (χ3v) is 6.37. The number of aromatic amines is 1. The van der Waals surface area contributed by atoms with E-state index < -0.39 is 0 Å². The van der Waals surface area contributed by atoms with Gasteiger partial charge < -0.3 is 10.3 Å². The molecule has 4 rings (SSSR count). The first-order valence-corrected chi connectivity index (χ1v) is 11.5. The molecule has 2 N–H and O–H groups in total. The van der Waals surface area contributed by atoms with Crippen molar-refractivity contribution in [1.82, 2.24) is 14.9 Å². The number of hydrogen-bond donors (Lipinski definition) is 2. The van der Waals surface area contributed by atoms with E-state index in [-0.39, 0.29) is 23.0 Å². The Morgan fingerprint density at radius 2 is 2.06 bits per heavy atom. The largest absolute Gasteiger partial charge is 0.325 e. The van der Waals surface area contributed by atoms with Crippen molar-refractivity contribution in [2.75, 3.05) is 17.6 Å². The summed E-state index contributed by atoms with van der Waals surface area (Å²) in [4.78, 5) is 34.5. The van der Waals surface area contributed by atoms with Crippen LogP contribution < -0.4 is 10.9 Å². The molecule has 0 saturated carbocycles. The number of H-pyrrole nitrogens is 1. The quantitative estimate of drug-likeness (QED) is 0.416. The van der Waals surface area contributed by atoms with E-state index >= 15 is 0 Å². The first-order valence-electron chi connectivity index (χ1n) is 10.1. The summed E-state index contributed by atoms with van der Waals surface area (Å²) < 4.78 is 13.1. The standard InChI is InChI=1S/C23H22ClFN4O2S/c1-14-2-5-16(24)10-20(14)26-21(30)13-32-23-27-19-8-9-29(12-18(19)22(31)28-23)11-15-3-6-17(25)7-4-15/h2-7,10H,8-9,11-13H2,1H3,(H,26,30)(H,27,28,31). The molecule has 1 aliphatic rings. The lowest BCUT2D eigenvalue weighted by atomic mass is 10.1. The summed E-state index contributed by atoms with van der Waals surface area (Å²) in [6, 6.07) is 11.7. The van der Waals surface area contributed by atoms with Gasteiger partial charge in [-0.1, -0.05) is 41.6 Å². The Morgan fingerprint density at radius 1 is 1.28 bits per heavy atom. The van der Waals surface area contributed by atoms with Crippen molar-refractivity contribution in [3.8, 4) is 0 Å². The molecule has 0 saturated heterocycles. The first-order chi connectivity index (χ1) is 15.4. The molecule has 0 atom stereocenters. The molecule has 3 aromatic rings. The fourth-order valence-corrected chi connectivity index (χ4v) is 4.41. The van der Waals surface area contributed by atoms with Crippen molar-refractivity contribution in [3.63, 3.8) is 0 Å². The molecular weight excluding hydrogens is 451 g/mol. The summed E-state index contributed by atoms with van der Waals surface area (Å²) in [7, 11) is 0. The number of thioether (sulfide) groups is 1. The number of benzene rings is 2. The molecule has 32 heavy (non-hydrogen) atoms. The van der Waals surface area contributed by atoms with E-state index in [2.05, 4.69) is 20.2 Å². The lowest BCUT2D eigenvalue weighted by molar-refractivity contribution is -0.113. The van der Waals surface area contributed by atoms with Gasteiger partial charge in [-0.3, -0.25) is 14.5 Å². The van der Waals surface area contributed by atoms with Crippen LogP contribution in [0.1, 0.15) is 22.4 Å². The SMILES string of the molecule is Cc1ccc(Cl)cc1NC(=O)CSc1nc2c(c(=O)[nH]1)CN(Cc1ccc(F)cc1)CC2. The molecule has 0 bridgehead atoms. The van der Waals surface area contributed by atoms with Gasteiger partial charge in [-0.05, 0) is 42.3 Å². The Balaban J connectivity index is 1.37. The average Bonchev–Trinajstić information content (AvgIpc) is 2.77. The zero-order valence-corrected chi connectivity index (χ0v) is 19.0. The van der Waals surface area contributed by atoms with Gasteiger partial charge in [-0.25, -0.2) is 9.37 Å². The minimum absolute atomic E-state index is 0.115. The number of anilines is 1. The molecular formula is C23H22ClFN4O2S. The molecule has 0 unspecified atom stereocenters. The van der Waals surface area contributed by atoms with Crippen LogP contribution in [0.3, 0.4) is 0 Å². The molecule has 0 aliphatic carbocycles. The topological polar surface area (TPSA) is 78.1 Å². The highest BCUT2D eigenvalue weighted by molar-refractivity contribution is 7.99. The van der Waals surface area contributed by atoms with Gasteiger partial charge in [0.1, 0.15) is 5.82 Å². The van der Waals surface area contributed by atoms with Crippen LogP contribution in [0, 0.1) is 12.7 Å². The minimum Gasteiger partial charge on any atom is -0.325 e. The van der Waals surface area contributed by atoms with Crippen LogP contribution in [0.2, 0.25) is 5.02 Å². The molecule has 1 aromatic heterocycles. The number of nitrogens with zero attached hydrogens (tertiary/aromatic N) is 2. The van der Waals surface area contributed by atoms with Crippen molar-refractivity contribution in [1.29, 1.82) is 0 Å². The third-order valence-electron chi connectivity index (χ3n) is 5.26. The molecule has 9 heteroatoms. The number of nitrogens with one attached hydrogen (secondary N) is 2. The van der Waals surface area contributed by atoms with Crippen LogP contribution in [0.15, 0.2) is 52.4 Å². The Morgan fingerprint density at radius 3 is 2.84 bits per heavy atom. The van der Waals surface area contributed by atoms with Gasteiger partial charge in [-0.2, -0.15) is 0 Å². The molecule has 0 spiro atoms. The first kappa shape index (κ1) is 22.5. The van der Waals surface area contributed by atoms with E-state index in [9.17, 15) is 14.0 Å². The summed E-state index contributed by atoms with van der Waals surface area (Å²) in [6.45, 7) is 3.76. The zero-order chi connectivity index (χ0) is 22.7. The normalized spacial score (nSPS) is 13.6. The highest BCUT2D eigenvalue weighted by Crippen LogP contribution is 2.22. The van der Waals surface area contributed by atoms with E-state index in [1.54, 1.807) is 24.3 Å². The Bertz CT molecular complexity index is 1200. The predicted molar refractivity (Wildman–Crippen MR) is 125 cm³/mol. The van der Waals surface area contributed by atoms with Crippen molar-refractivity contribution < 1.29 is 9.18 Å². The number of hydrogen-bond acceptors (Lipinski definition) is 5. The number of aromatic nitrogens is 2. The molecule has 0 radical (unpaired) electrons. The Hall–Kier alpha value is -2.68. The number of carbonyl (C=O) groups is 1. The maximum atomic E-state index is 13.1. The maximum absolute atomic E-state index is 13.1. The van der Waals surface area contributed by atoms with Crippen molar-refractivity contribution in [3.05, 3.63) is 86.0 Å². The van der Waals surface area contributed by atoms with Gasteiger partial charge in [0.05, 0.1) is 17.0 Å². The van der Waals surface area contributed by atoms with E-state index in [4.69, 9.17) is 11.6 Å². The maximum Gasteiger partial charge on any atom is 0.256 e. The van der Waals surface area contributed by atoms with E-state index in [0.717, 1.165) is 23.4 Å². The zero-order valence-electron chi connectivity index (χ0n) is 17.5. The van der Waals surface area contributed by atoms with Crippen molar-refractivity contribution in [2.24, 2.45) is 0 Å². The van der Waals surface area contributed by atoms with E-state index in [0.29, 0.717) is 40.9 Å². The van der Waals surface area contributed by atoms with Gasteiger partial charge in [0.2, 0.25) is 5.91 Å². The summed E-state index contributed by atoms with van der Waals surface area (Å²) >= 11 is 7.18. The number of carbonyl (C=O) groups excluding carboxylic acids is 1. The Kier molecular flexibility index (Phi) is 6.93. The summed E-state index contributed by atoms with van der Waals surface area (Å²) in [6.07, 6.45) is 0.641. The second kappa shape index (κ2) is 9.85. The number of amides is 1. The van der Waals surface area contributed by atoms with Gasteiger partial charge >= 0.3 is 0 Å². The summed E-state index contributed by atoms with van der Waals surface area (Å²) in [5.74, 6) is -0.351. The van der Waals surface area contributed by atoms with Crippen LogP contribution in [0.5, 0.6) is 0 Å². The molecule has 2 aromatic carbocycles. The fraction of sp³-hybridized carbons (Fsp3) is 0.261. The predicted octanol–water partition coefficient (Wildman–Crippen LogP) is 4.16. The third kappa shape index (κ3) is 5.56. The molecule has 2 heterocycles. The lowest BCUT2D eigenvalue weighted by Gasteiger charge is -2.27. The van der Waals surface area contributed by atoms with Crippen LogP contribution >= 0.6 is 23.4 Å². The average molecular weight is 473 g/mol. The molecule has 1 amide bonds. The number of aryl methyl sites for hydroxylation is 1. The highest BCUT2D eigenvalue weighted by Gasteiger charge is 2.21. The van der Waals surface area contributed by atoms with Crippen molar-refractivity contribution >= 4 is 35.0 Å². The van der Waals surface area contributed by atoms with Gasteiger partial charge in [0.25, 0.3) is 5.56 Å². The molecule has 1 aliphatic heterocycles. The summed E-state index contributed by atoms with van der Waals surface area (Å²) in [5.41, 5.74) is 3.79. The van der Waals surface area contributed by atoms with Crippen LogP contribution in [-0.2, 0) is 24.3 Å². The molecule has 0 fully saturated rings. The van der Waals surface area contributed by atoms with Crippen LogP contribution in [0.4, 0.5) is 10.1 Å². The van der Waals surface area contributed by atoms with Crippen molar-refractivity contribution in [2.45, 2.75) is 31.6 Å². The van der Waals surface area contributed by atoms with Gasteiger partial charge in [0, 0.05) is 36.8 Å². The lowest BCUT2D eigenvalue weighted by Crippen LogP contribution is -2.35. The minimum atomic E-state index is -0.264. The smallest absolute Gasteiger partial charge is 0.256 e. The van der Waals surface area contributed by atoms with Crippen LogP contribution in [0.25, 0.3) is 0 Å². The fourth-order valence-electron chi connectivity index (χ4n) is 3.56. The molecule has 166 valence electrons. The van der Waals surface area contributed by atoms with Crippen LogP contribution in [-0.4, -0.2) is 33.1 Å². The second-order valence-corrected chi connectivity index (χ2v) is 9.08. The second-order valence-electron chi connectivity index (χ2n) is 7.68.